The van der Waals surface area contributed by atoms with Crippen molar-refractivity contribution in [2.24, 2.45) is 5.41 Å². The molecule has 1 rings (SSSR count). The standard InChI is InChI=1S/C14H24BrNS/c1-4-6-14(3,11-16-7-5-2)9-13-8-12(15)10-17-13/h8,10,16H,4-7,9,11H2,1-3H3. The van der Waals surface area contributed by atoms with Crippen molar-refractivity contribution in [3.05, 3.63) is 20.8 Å². The first-order valence-electron chi connectivity index (χ1n) is 6.53. The van der Waals surface area contributed by atoms with Crippen LogP contribution in [0, 0.1) is 5.41 Å². The zero-order valence-electron chi connectivity index (χ0n) is 11.2. The Morgan fingerprint density at radius 3 is 2.65 bits per heavy atom. The molecule has 1 heterocycles. The molecule has 1 aromatic heterocycles. The van der Waals surface area contributed by atoms with Crippen molar-refractivity contribution in [3.63, 3.8) is 0 Å². The summed E-state index contributed by atoms with van der Waals surface area (Å²) >= 11 is 5.40. The summed E-state index contributed by atoms with van der Waals surface area (Å²) in [5.41, 5.74) is 0.397. The van der Waals surface area contributed by atoms with Gasteiger partial charge in [-0.15, -0.1) is 11.3 Å². The van der Waals surface area contributed by atoms with Crippen molar-refractivity contribution in [1.82, 2.24) is 5.32 Å². The van der Waals surface area contributed by atoms with Gasteiger partial charge in [-0.1, -0.05) is 27.2 Å². The van der Waals surface area contributed by atoms with Gasteiger partial charge >= 0.3 is 0 Å². The summed E-state index contributed by atoms with van der Waals surface area (Å²) in [6.45, 7) is 9.17. The van der Waals surface area contributed by atoms with Crippen molar-refractivity contribution in [1.29, 1.82) is 0 Å². The van der Waals surface area contributed by atoms with Crippen LogP contribution < -0.4 is 5.32 Å². The lowest BCUT2D eigenvalue weighted by Crippen LogP contribution is -2.33. The summed E-state index contributed by atoms with van der Waals surface area (Å²) in [4.78, 5) is 1.49. The fourth-order valence-corrected chi connectivity index (χ4v) is 3.94. The summed E-state index contributed by atoms with van der Waals surface area (Å²) in [5.74, 6) is 0. The van der Waals surface area contributed by atoms with Gasteiger partial charge in [-0.3, -0.25) is 0 Å². The first-order valence-corrected chi connectivity index (χ1v) is 8.20. The van der Waals surface area contributed by atoms with Gasteiger partial charge in [0.05, 0.1) is 0 Å². The van der Waals surface area contributed by atoms with Crippen molar-refractivity contribution < 1.29 is 0 Å². The molecule has 0 saturated carbocycles. The predicted molar refractivity (Wildman–Crippen MR) is 81.9 cm³/mol. The maximum atomic E-state index is 3.58. The van der Waals surface area contributed by atoms with Gasteiger partial charge in [0.25, 0.3) is 0 Å². The van der Waals surface area contributed by atoms with Crippen LogP contribution in [0.1, 0.15) is 44.9 Å². The fourth-order valence-electron chi connectivity index (χ4n) is 2.28. The number of nitrogens with one attached hydrogen (secondary N) is 1. The minimum absolute atomic E-state index is 0.397. The highest BCUT2D eigenvalue weighted by Gasteiger charge is 2.24. The normalized spacial score (nSPS) is 14.8. The summed E-state index contributed by atoms with van der Waals surface area (Å²) in [6.07, 6.45) is 4.96. The van der Waals surface area contributed by atoms with E-state index in [1.54, 1.807) is 0 Å². The number of hydrogen-bond acceptors (Lipinski definition) is 2. The van der Waals surface area contributed by atoms with Crippen LogP contribution >= 0.6 is 27.3 Å². The smallest absolute Gasteiger partial charge is 0.0285 e. The molecule has 3 heteroatoms. The Morgan fingerprint density at radius 2 is 2.12 bits per heavy atom. The molecule has 0 bridgehead atoms. The molecule has 1 N–H and O–H groups in total. The van der Waals surface area contributed by atoms with E-state index >= 15 is 0 Å². The third kappa shape index (κ3) is 5.54. The molecule has 17 heavy (non-hydrogen) atoms. The lowest BCUT2D eigenvalue weighted by atomic mass is 9.81. The van der Waals surface area contributed by atoms with Crippen LogP contribution in [-0.2, 0) is 6.42 Å². The number of halogens is 1. The van der Waals surface area contributed by atoms with Crippen LogP contribution in [0.25, 0.3) is 0 Å². The molecule has 0 fully saturated rings. The molecule has 1 aromatic rings. The summed E-state index contributed by atoms with van der Waals surface area (Å²) in [7, 11) is 0. The lowest BCUT2D eigenvalue weighted by Gasteiger charge is -2.29. The van der Waals surface area contributed by atoms with Crippen LogP contribution in [0.5, 0.6) is 0 Å². The predicted octanol–water partition coefficient (Wildman–Crippen LogP) is 4.86. The fraction of sp³-hybridized carbons (Fsp3) is 0.714. The molecule has 1 nitrogen and oxygen atoms in total. The molecule has 0 radical (unpaired) electrons. The second-order valence-electron chi connectivity index (χ2n) is 5.15. The Labute approximate surface area is 118 Å². The summed E-state index contributed by atoms with van der Waals surface area (Å²) in [6, 6.07) is 2.26. The average Bonchev–Trinajstić information content (AvgIpc) is 2.64. The molecule has 0 amide bonds. The minimum Gasteiger partial charge on any atom is -0.316 e. The van der Waals surface area contributed by atoms with Crippen LogP contribution in [0.4, 0.5) is 0 Å². The van der Waals surface area contributed by atoms with Gasteiger partial charge < -0.3 is 5.32 Å². The van der Waals surface area contributed by atoms with Crippen LogP contribution in [0.15, 0.2) is 15.9 Å². The van der Waals surface area contributed by atoms with Gasteiger partial charge in [-0.05, 0) is 53.2 Å². The number of thiophene rings is 1. The van der Waals surface area contributed by atoms with Gasteiger partial charge in [-0.2, -0.15) is 0 Å². The lowest BCUT2D eigenvalue weighted by molar-refractivity contribution is 0.277. The topological polar surface area (TPSA) is 12.0 Å². The minimum atomic E-state index is 0.397. The summed E-state index contributed by atoms with van der Waals surface area (Å²) < 4.78 is 1.22. The largest absolute Gasteiger partial charge is 0.316 e. The molecule has 0 aliphatic heterocycles. The van der Waals surface area contributed by atoms with Gasteiger partial charge in [0.15, 0.2) is 0 Å². The molecule has 0 aromatic carbocycles. The molecule has 0 spiro atoms. The van der Waals surface area contributed by atoms with E-state index in [0.717, 1.165) is 13.1 Å². The van der Waals surface area contributed by atoms with Crippen molar-refractivity contribution in [2.45, 2.75) is 46.5 Å². The molecule has 1 unspecified atom stereocenters. The van der Waals surface area contributed by atoms with E-state index in [2.05, 4.69) is 53.5 Å². The van der Waals surface area contributed by atoms with Crippen LogP contribution in [0.2, 0.25) is 0 Å². The van der Waals surface area contributed by atoms with E-state index in [1.165, 1.54) is 35.0 Å². The number of rotatable bonds is 8. The monoisotopic (exact) mass is 317 g/mol. The number of hydrogen-bond donors (Lipinski definition) is 1. The Balaban J connectivity index is 2.56. The second kappa shape index (κ2) is 7.55. The molecule has 0 aliphatic rings. The van der Waals surface area contributed by atoms with E-state index in [9.17, 15) is 0 Å². The Kier molecular flexibility index (Phi) is 6.75. The quantitative estimate of drug-likeness (QED) is 0.675. The molecule has 0 saturated heterocycles. The van der Waals surface area contributed by atoms with Gasteiger partial charge in [0, 0.05) is 21.3 Å². The second-order valence-corrected chi connectivity index (χ2v) is 7.06. The van der Waals surface area contributed by atoms with E-state index < -0.39 is 0 Å². The molecule has 98 valence electrons. The Bertz CT molecular complexity index is 324. The molecule has 1 atom stereocenters. The van der Waals surface area contributed by atoms with Crippen LogP contribution in [0.3, 0.4) is 0 Å². The van der Waals surface area contributed by atoms with Crippen molar-refractivity contribution in [3.8, 4) is 0 Å². The van der Waals surface area contributed by atoms with Gasteiger partial charge in [0.1, 0.15) is 0 Å². The maximum absolute atomic E-state index is 3.58. The third-order valence-electron chi connectivity index (χ3n) is 3.05. The van der Waals surface area contributed by atoms with Crippen molar-refractivity contribution >= 4 is 27.3 Å². The van der Waals surface area contributed by atoms with Gasteiger partial charge in [-0.25, -0.2) is 0 Å². The zero-order chi connectivity index (χ0) is 12.7. The molecular weight excluding hydrogens is 294 g/mol. The zero-order valence-corrected chi connectivity index (χ0v) is 13.6. The highest BCUT2D eigenvalue weighted by atomic mass is 79.9. The average molecular weight is 318 g/mol. The van der Waals surface area contributed by atoms with Crippen molar-refractivity contribution in [2.75, 3.05) is 13.1 Å². The molecular formula is C14H24BrNS. The van der Waals surface area contributed by atoms with E-state index in [-0.39, 0.29) is 0 Å². The van der Waals surface area contributed by atoms with E-state index in [0.29, 0.717) is 5.41 Å². The van der Waals surface area contributed by atoms with Gasteiger partial charge in [0.2, 0.25) is 0 Å². The first kappa shape index (κ1) is 15.2. The van der Waals surface area contributed by atoms with E-state index in [1.807, 2.05) is 11.3 Å². The first-order chi connectivity index (χ1) is 8.09. The molecule has 0 aliphatic carbocycles. The van der Waals surface area contributed by atoms with Crippen LogP contribution in [-0.4, -0.2) is 13.1 Å². The Morgan fingerprint density at radius 1 is 1.35 bits per heavy atom. The van der Waals surface area contributed by atoms with E-state index in [4.69, 9.17) is 0 Å². The SMILES string of the molecule is CCCNCC(C)(CCC)Cc1cc(Br)cs1. The Hall–Kier alpha value is 0.140. The highest BCUT2D eigenvalue weighted by Crippen LogP contribution is 2.31. The summed E-state index contributed by atoms with van der Waals surface area (Å²) in [5, 5.41) is 5.76. The maximum Gasteiger partial charge on any atom is 0.0285 e. The third-order valence-corrected chi connectivity index (χ3v) is 4.75. The highest BCUT2D eigenvalue weighted by molar-refractivity contribution is 9.10.